The van der Waals surface area contributed by atoms with Crippen LogP contribution in [0.4, 0.5) is 4.39 Å². The van der Waals surface area contributed by atoms with Crippen LogP contribution >= 0.6 is 24.0 Å². The first-order chi connectivity index (χ1) is 10.8. The molecule has 1 fully saturated rings. The molecule has 5 nitrogen and oxygen atoms in total. The van der Waals surface area contributed by atoms with E-state index < -0.39 is 23.7 Å². The minimum atomic E-state index is -0.835. The maximum atomic E-state index is 13.8. The topological polar surface area (TPSA) is 60.9 Å². The van der Waals surface area contributed by atoms with Gasteiger partial charge in [-0.05, 0) is 32.0 Å². The van der Waals surface area contributed by atoms with E-state index in [4.69, 9.17) is 16.7 Å². The summed E-state index contributed by atoms with van der Waals surface area (Å²) in [5.74, 6) is -1.90. The van der Waals surface area contributed by atoms with Crippen molar-refractivity contribution in [3.05, 3.63) is 34.6 Å². The second-order valence-corrected chi connectivity index (χ2v) is 6.30. The summed E-state index contributed by atoms with van der Waals surface area (Å²) in [4.78, 5) is 26.8. The molecule has 8 heteroatoms. The molecule has 0 aromatic heterocycles. The lowest BCUT2D eigenvalue weighted by Crippen LogP contribution is -2.45. The van der Waals surface area contributed by atoms with Gasteiger partial charge in [0.15, 0.2) is 0 Å². The zero-order valence-electron chi connectivity index (χ0n) is 13.5. The van der Waals surface area contributed by atoms with Crippen molar-refractivity contribution >= 4 is 35.9 Å². The molecule has 1 amide bonds. The van der Waals surface area contributed by atoms with E-state index in [1.807, 2.05) is 4.90 Å². The van der Waals surface area contributed by atoms with Crippen molar-refractivity contribution < 1.29 is 19.1 Å². The molecule has 2 rings (SSSR count). The van der Waals surface area contributed by atoms with Crippen molar-refractivity contribution in [3.63, 3.8) is 0 Å². The van der Waals surface area contributed by atoms with Gasteiger partial charge in [0.2, 0.25) is 5.91 Å². The highest BCUT2D eigenvalue weighted by Gasteiger charge is 2.34. The highest BCUT2D eigenvalue weighted by molar-refractivity contribution is 6.31. The average Bonchev–Trinajstić information content (AvgIpc) is 2.99. The van der Waals surface area contributed by atoms with Gasteiger partial charge in [-0.3, -0.25) is 14.5 Å². The molecule has 2 atom stereocenters. The van der Waals surface area contributed by atoms with Gasteiger partial charge < -0.3 is 10.0 Å². The van der Waals surface area contributed by atoms with Gasteiger partial charge in [-0.2, -0.15) is 0 Å². The van der Waals surface area contributed by atoms with E-state index in [0.29, 0.717) is 19.5 Å². The van der Waals surface area contributed by atoms with Crippen LogP contribution in [0.5, 0.6) is 0 Å². The summed E-state index contributed by atoms with van der Waals surface area (Å²) in [5.41, 5.74) is 0.280. The number of nitrogens with zero attached hydrogens (tertiary/aromatic N) is 2. The number of hydrogen-bond donors (Lipinski definition) is 1. The van der Waals surface area contributed by atoms with E-state index in [1.165, 1.54) is 17.0 Å². The second-order valence-electron chi connectivity index (χ2n) is 5.89. The highest BCUT2D eigenvalue weighted by atomic mass is 35.5. The molecular weight excluding hydrogens is 358 g/mol. The largest absolute Gasteiger partial charge is 0.481 e. The SMILES string of the molecule is CC(C(=O)N(C)Cc1c(F)cccc1Cl)N1CCC(C(=O)O)C1.Cl. The number of hydrogen-bond acceptors (Lipinski definition) is 3. The smallest absolute Gasteiger partial charge is 0.307 e. The number of likely N-dealkylation sites (N-methyl/N-ethyl adjacent to an activating group) is 1. The summed E-state index contributed by atoms with van der Waals surface area (Å²) >= 11 is 5.99. The van der Waals surface area contributed by atoms with Gasteiger partial charge in [0.05, 0.1) is 12.0 Å². The fourth-order valence-corrected chi connectivity index (χ4v) is 3.04. The monoisotopic (exact) mass is 378 g/mol. The van der Waals surface area contributed by atoms with E-state index in [2.05, 4.69) is 0 Å². The summed E-state index contributed by atoms with van der Waals surface area (Å²) < 4.78 is 13.8. The highest BCUT2D eigenvalue weighted by Crippen LogP contribution is 2.22. The molecule has 0 radical (unpaired) electrons. The van der Waals surface area contributed by atoms with Gasteiger partial charge in [-0.15, -0.1) is 12.4 Å². The van der Waals surface area contributed by atoms with Crippen molar-refractivity contribution in [1.82, 2.24) is 9.80 Å². The molecular formula is C16H21Cl2FN2O3. The fraction of sp³-hybridized carbons (Fsp3) is 0.500. The zero-order chi connectivity index (χ0) is 17.1. The van der Waals surface area contributed by atoms with Crippen LogP contribution in [-0.4, -0.2) is 53.0 Å². The van der Waals surface area contributed by atoms with Crippen molar-refractivity contribution in [2.24, 2.45) is 5.92 Å². The zero-order valence-corrected chi connectivity index (χ0v) is 15.1. The Morgan fingerprint density at radius 2 is 2.17 bits per heavy atom. The van der Waals surface area contributed by atoms with E-state index in [9.17, 15) is 14.0 Å². The lowest BCUT2D eigenvalue weighted by molar-refractivity contribution is -0.142. The third-order valence-electron chi connectivity index (χ3n) is 4.31. The molecule has 2 unspecified atom stereocenters. The lowest BCUT2D eigenvalue weighted by Gasteiger charge is -2.28. The van der Waals surface area contributed by atoms with Crippen LogP contribution in [0.3, 0.4) is 0 Å². The molecule has 1 aromatic rings. The Labute approximate surface area is 151 Å². The van der Waals surface area contributed by atoms with Gasteiger partial charge in [0.1, 0.15) is 5.82 Å². The number of aliphatic carboxylic acids is 1. The predicted molar refractivity (Wildman–Crippen MR) is 91.9 cm³/mol. The number of benzene rings is 1. The van der Waals surface area contributed by atoms with Crippen molar-refractivity contribution in [2.75, 3.05) is 20.1 Å². The fourth-order valence-electron chi connectivity index (χ4n) is 2.81. The number of amides is 1. The van der Waals surface area contributed by atoms with Gasteiger partial charge in [-0.25, -0.2) is 4.39 Å². The minimum absolute atomic E-state index is 0. The summed E-state index contributed by atoms with van der Waals surface area (Å²) in [7, 11) is 1.59. The van der Waals surface area contributed by atoms with Crippen LogP contribution in [0.15, 0.2) is 18.2 Å². The summed E-state index contributed by atoms with van der Waals surface area (Å²) in [6.07, 6.45) is 0.538. The van der Waals surface area contributed by atoms with Crippen molar-refractivity contribution in [3.8, 4) is 0 Å². The number of carbonyl (C=O) groups is 2. The van der Waals surface area contributed by atoms with Crippen LogP contribution in [0.1, 0.15) is 18.9 Å². The Morgan fingerprint density at radius 1 is 1.50 bits per heavy atom. The van der Waals surface area contributed by atoms with Crippen LogP contribution in [0, 0.1) is 11.7 Å². The van der Waals surface area contributed by atoms with E-state index in [0.717, 1.165) is 0 Å². The van der Waals surface area contributed by atoms with E-state index in [1.54, 1.807) is 20.0 Å². The number of carboxylic acids is 1. The average molecular weight is 379 g/mol. The maximum absolute atomic E-state index is 13.8. The van der Waals surface area contributed by atoms with Crippen LogP contribution in [0.25, 0.3) is 0 Å². The Morgan fingerprint density at radius 3 is 2.71 bits per heavy atom. The number of halogens is 3. The number of carbonyl (C=O) groups excluding carboxylic acids is 1. The molecule has 0 bridgehead atoms. The maximum Gasteiger partial charge on any atom is 0.307 e. The van der Waals surface area contributed by atoms with E-state index in [-0.39, 0.29) is 35.4 Å². The lowest BCUT2D eigenvalue weighted by atomic mass is 10.1. The van der Waals surface area contributed by atoms with Crippen LogP contribution in [0.2, 0.25) is 5.02 Å². The van der Waals surface area contributed by atoms with Gasteiger partial charge in [-0.1, -0.05) is 17.7 Å². The Hall–Kier alpha value is -1.37. The summed E-state index contributed by atoms with van der Waals surface area (Å²) in [6.45, 7) is 2.74. The molecule has 1 saturated heterocycles. The third-order valence-corrected chi connectivity index (χ3v) is 4.66. The first kappa shape index (κ1) is 20.7. The van der Waals surface area contributed by atoms with Crippen LogP contribution in [-0.2, 0) is 16.1 Å². The molecule has 0 saturated carbocycles. The molecule has 134 valence electrons. The Kier molecular flexibility index (Phi) is 7.45. The summed E-state index contributed by atoms with van der Waals surface area (Å²) in [5, 5.41) is 9.32. The molecule has 1 N–H and O–H groups in total. The number of likely N-dealkylation sites (tertiary alicyclic amines) is 1. The predicted octanol–water partition coefficient (Wildman–Crippen LogP) is 2.65. The van der Waals surface area contributed by atoms with Crippen molar-refractivity contribution in [2.45, 2.75) is 25.9 Å². The normalized spacial score (nSPS) is 18.8. The molecule has 0 spiro atoms. The third kappa shape index (κ3) is 4.59. The van der Waals surface area contributed by atoms with Gasteiger partial charge in [0.25, 0.3) is 0 Å². The Bertz CT molecular complexity index is 595. The molecule has 0 aliphatic carbocycles. The molecule has 1 heterocycles. The number of rotatable bonds is 5. The summed E-state index contributed by atoms with van der Waals surface area (Å²) in [6, 6.07) is 3.96. The van der Waals surface area contributed by atoms with Crippen molar-refractivity contribution in [1.29, 1.82) is 0 Å². The van der Waals surface area contributed by atoms with Gasteiger partial charge in [0, 0.05) is 30.7 Å². The second kappa shape index (κ2) is 8.65. The standard InChI is InChI=1S/C16H20ClFN2O3.ClH/c1-10(20-7-6-11(8-20)16(22)23)15(21)19(2)9-12-13(17)4-3-5-14(12)18;/h3-5,10-11H,6-9H2,1-2H3,(H,22,23);1H. The van der Waals surface area contributed by atoms with E-state index >= 15 is 0 Å². The number of carboxylic acid groups (broad SMARTS) is 1. The van der Waals surface area contributed by atoms with Crippen LogP contribution < -0.4 is 0 Å². The molecule has 1 aromatic carbocycles. The van der Waals surface area contributed by atoms with Gasteiger partial charge >= 0.3 is 5.97 Å². The molecule has 1 aliphatic heterocycles. The molecule has 1 aliphatic rings. The first-order valence-electron chi connectivity index (χ1n) is 7.46. The quantitative estimate of drug-likeness (QED) is 0.855. The first-order valence-corrected chi connectivity index (χ1v) is 7.83. The Balaban J connectivity index is 0.00000288. The minimum Gasteiger partial charge on any atom is -0.481 e. The molecule has 24 heavy (non-hydrogen) atoms.